The quantitative estimate of drug-likeness (QED) is 0.722. The lowest BCUT2D eigenvalue weighted by atomic mass is 9.98. The molecule has 0 saturated carbocycles. The Balaban J connectivity index is 1.55. The molecule has 3 heterocycles. The van der Waals surface area contributed by atoms with Crippen LogP contribution in [0.15, 0.2) is 53.8 Å². The maximum absolute atomic E-state index is 13.4. The van der Waals surface area contributed by atoms with Gasteiger partial charge in [-0.1, -0.05) is 30.4 Å². The average Bonchev–Trinajstić information content (AvgIpc) is 2.95. The van der Waals surface area contributed by atoms with Gasteiger partial charge in [-0.15, -0.1) is 0 Å². The molecule has 7 nitrogen and oxygen atoms in total. The summed E-state index contributed by atoms with van der Waals surface area (Å²) < 4.78 is 64.7. The maximum Gasteiger partial charge on any atom is 0.297 e. The summed E-state index contributed by atoms with van der Waals surface area (Å²) in [7, 11) is -4.00. The fourth-order valence-electron chi connectivity index (χ4n) is 4.23. The molecule has 1 atom stereocenters. The highest BCUT2D eigenvalue weighted by Crippen LogP contribution is 2.47. The van der Waals surface area contributed by atoms with Crippen molar-refractivity contribution in [3.63, 3.8) is 0 Å². The molecule has 1 aromatic rings. The van der Waals surface area contributed by atoms with Crippen LogP contribution >= 0.6 is 0 Å². The standard InChI is InChI=1S/C20H20F2N2O5S/c21-19(22)12-23(13-19)30(26,27)15-7-8-17-16(11-15)20(28-9-4-10-29-20)18(25)24(17)14-5-2-1-3-6-14/h1-3,5-6,8,11,15H,4,7,9-10,12-13H2. The summed E-state index contributed by atoms with van der Waals surface area (Å²) in [5.41, 5.74) is 1.44. The van der Waals surface area contributed by atoms with Gasteiger partial charge in [0.25, 0.3) is 17.6 Å². The van der Waals surface area contributed by atoms with Crippen molar-refractivity contribution in [2.24, 2.45) is 0 Å². The van der Waals surface area contributed by atoms with E-state index in [1.54, 1.807) is 30.3 Å². The number of carbonyl (C=O) groups excluding carboxylic acids is 1. The van der Waals surface area contributed by atoms with Crippen LogP contribution in [0.5, 0.6) is 0 Å². The molecule has 1 unspecified atom stereocenters. The van der Waals surface area contributed by atoms with E-state index < -0.39 is 46.0 Å². The van der Waals surface area contributed by atoms with Crippen molar-refractivity contribution in [3.05, 3.63) is 53.8 Å². The van der Waals surface area contributed by atoms with Gasteiger partial charge in [-0.2, -0.15) is 4.31 Å². The van der Waals surface area contributed by atoms with Crippen LogP contribution in [0.4, 0.5) is 14.5 Å². The average molecular weight is 438 g/mol. The third-order valence-corrected chi connectivity index (χ3v) is 7.80. The molecule has 4 aliphatic rings. The number of carbonyl (C=O) groups is 1. The second-order valence-electron chi connectivity index (χ2n) is 7.76. The van der Waals surface area contributed by atoms with Crippen LogP contribution in [0.3, 0.4) is 0 Å². The van der Waals surface area contributed by atoms with E-state index in [2.05, 4.69) is 0 Å². The van der Waals surface area contributed by atoms with Gasteiger partial charge in [-0.25, -0.2) is 17.2 Å². The lowest BCUT2D eigenvalue weighted by molar-refractivity contribution is -0.228. The number of halogens is 2. The molecule has 0 N–H and O–H groups in total. The van der Waals surface area contributed by atoms with Gasteiger partial charge >= 0.3 is 0 Å². The molecule has 1 aliphatic carbocycles. The zero-order valence-electron chi connectivity index (χ0n) is 16.0. The predicted octanol–water partition coefficient (Wildman–Crippen LogP) is 2.03. The maximum atomic E-state index is 13.4. The molecule has 3 fully saturated rings. The minimum atomic E-state index is -4.00. The second-order valence-corrected chi connectivity index (χ2v) is 9.91. The van der Waals surface area contributed by atoms with E-state index in [0.717, 1.165) is 4.31 Å². The second kappa shape index (κ2) is 6.68. The van der Waals surface area contributed by atoms with Crippen LogP contribution in [0.25, 0.3) is 0 Å². The highest BCUT2D eigenvalue weighted by molar-refractivity contribution is 7.90. The molecule has 30 heavy (non-hydrogen) atoms. The molecule has 5 rings (SSSR count). The Morgan fingerprint density at radius 2 is 1.73 bits per heavy atom. The zero-order chi connectivity index (χ0) is 21.1. The first kappa shape index (κ1) is 19.8. The number of anilines is 1. The minimum absolute atomic E-state index is 0.0654. The number of alkyl halides is 2. The first-order chi connectivity index (χ1) is 14.2. The molecule has 160 valence electrons. The largest absolute Gasteiger partial charge is 0.338 e. The number of nitrogens with zero attached hydrogens (tertiary/aromatic N) is 2. The van der Waals surface area contributed by atoms with Crippen molar-refractivity contribution in [3.8, 4) is 0 Å². The fraction of sp³-hybridized carbons (Fsp3) is 0.450. The van der Waals surface area contributed by atoms with E-state index in [0.29, 0.717) is 23.4 Å². The number of hydrogen-bond donors (Lipinski definition) is 0. The van der Waals surface area contributed by atoms with Gasteiger partial charge in [0, 0.05) is 11.3 Å². The monoisotopic (exact) mass is 438 g/mol. The van der Waals surface area contributed by atoms with Gasteiger partial charge in [0.05, 0.1) is 37.3 Å². The number of benzene rings is 1. The van der Waals surface area contributed by atoms with Crippen molar-refractivity contribution in [2.75, 3.05) is 31.2 Å². The fourth-order valence-corrected chi connectivity index (χ4v) is 6.00. The number of sulfonamides is 1. The van der Waals surface area contributed by atoms with E-state index in [1.807, 2.05) is 6.07 Å². The van der Waals surface area contributed by atoms with Crippen molar-refractivity contribution in [2.45, 2.75) is 29.8 Å². The van der Waals surface area contributed by atoms with Gasteiger partial charge in [0.15, 0.2) is 0 Å². The first-order valence-corrected chi connectivity index (χ1v) is 11.2. The van der Waals surface area contributed by atoms with Crippen LogP contribution in [-0.2, 0) is 24.3 Å². The van der Waals surface area contributed by atoms with Crippen LogP contribution in [-0.4, -0.2) is 61.9 Å². The Kier molecular flexibility index (Phi) is 4.41. The van der Waals surface area contributed by atoms with Gasteiger partial charge in [0.2, 0.25) is 10.0 Å². The van der Waals surface area contributed by atoms with E-state index in [4.69, 9.17) is 9.47 Å². The number of ether oxygens (including phenoxy) is 2. The topological polar surface area (TPSA) is 76.2 Å². The van der Waals surface area contributed by atoms with E-state index in [1.165, 1.54) is 11.0 Å². The Labute approximate surface area is 172 Å². The summed E-state index contributed by atoms with van der Waals surface area (Å²) in [6.45, 7) is -1.07. The molecule has 0 bridgehead atoms. The van der Waals surface area contributed by atoms with Gasteiger partial charge in [-0.3, -0.25) is 9.69 Å². The van der Waals surface area contributed by atoms with Crippen LogP contribution in [0.2, 0.25) is 0 Å². The Morgan fingerprint density at radius 3 is 2.37 bits per heavy atom. The van der Waals surface area contributed by atoms with E-state index >= 15 is 0 Å². The van der Waals surface area contributed by atoms with Crippen LogP contribution in [0.1, 0.15) is 12.8 Å². The number of fused-ring (bicyclic) bond motifs is 2. The number of allylic oxidation sites excluding steroid dienone is 1. The molecule has 0 radical (unpaired) electrons. The van der Waals surface area contributed by atoms with Crippen molar-refractivity contribution < 1.29 is 31.5 Å². The molecule has 1 amide bonds. The summed E-state index contributed by atoms with van der Waals surface area (Å²) in [5, 5.41) is -1.07. The summed E-state index contributed by atoms with van der Waals surface area (Å²) >= 11 is 0. The van der Waals surface area contributed by atoms with Crippen molar-refractivity contribution in [1.29, 1.82) is 0 Å². The molecule has 3 saturated heterocycles. The van der Waals surface area contributed by atoms with Gasteiger partial charge in [0.1, 0.15) is 0 Å². The van der Waals surface area contributed by atoms with Crippen LogP contribution in [0, 0.1) is 0 Å². The third kappa shape index (κ3) is 2.85. The summed E-state index contributed by atoms with van der Waals surface area (Å²) in [4.78, 5) is 14.9. The van der Waals surface area contributed by atoms with Gasteiger partial charge < -0.3 is 9.47 Å². The van der Waals surface area contributed by atoms with Gasteiger partial charge in [-0.05, 0) is 25.0 Å². The number of rotatable bonds is 3. The summed E-state index contributed by atoms with van der Waals surface area (Å²) in [5.74, 6) is -5.16. The lowest BCUT2D eigenvalue weighted by Gasteiger charge is -2.40. The Hall–Kier alpha value is -2.14. The van der Waals surface area contributed by atoms with Crippen molar-refractivity contribution >= 4 is 21.6 Å². The minimum Gasteiger partial charge on any atom is -0.338 e. The Morgan fingerprint density at radius 1 is 1.07 bits per heavy atom. The Bertz CT molecular complexity index is 1040. The molecule has 1 spiro atoms. The summed E-state index contributed by atoms with van der Waals surface area (Å²) in [6.07, 6.45) is 3.76. The number of hydrogen-bond acceptors (Lipinski definition) is 5. The smallest absolute Gasteiger partial charge is 0.297 e. The highest BCUT2D eigenvalue weighted by Gasteiger charge is 2.59. The zero-order valence-corrected chi connectivity index (χ0v) is 16.8. The molecule has 10 heteroatoms. The predicted molar refractivity (Wildman–Crippen MR) is 103 cm³/mol. The molecule has 0 aromatic heterocycles. The molecular formula is C20H20F2N2O5S. The molecular weight excluding hydrogens is 418 g/mol. The highest BCUT2D eigenvalue weighted by atomic mass is 32.2. The van der Waals surface area contributed by atoms with E-state index in [-0.39, 0.29) is 19.6 Å². The molecule has 1 aromatic carbocycles. The first-order valence-electron chi connectivity index (χ1n) is 9.72. The third-order valence-electron chi connectivity index (χ3n) is 5.72. The normalized spacial score (nSPS) is 28.0. The SMILES string of the molecule is O=C1N(c2ccccc2)C2=CCC(S(=O)(=O)N3CC(F)(F)C3)C=C2C12OCCCO2. The molecule has 3 aliphatic heterocycles. The number of amides is 1. The van der Waals surface area contributed by atoms with Crippen molar-refractivity contribution in [1.82, 2.24) is 4.31 Å². The summed E-state index contributed by atoms with van der Waals surface area (Å²) in [6, 6.07) is 8.94. The number of para-hydroxylation sites is 1. The van der Waals surface area contributed by atoms with E-state index in [9.17, 15) is 22.0 Å². The lowest BCUT2D eigenvalue weighted by Crippen LogP contribution is -2.60. The van der Waals surface area contributed by atoms with Crippen LogP contribution < -0.4 is 4.90 Å².